The van der Waals surface area contributed by atoms with Crippen molar-refractivity contribution >= 4 is 11.9 Å². The Morgan fingerprint density at radius 3 is 2.96 bits per heavy atom. The molecule has 0 N–H and O–H groups in total. The molecule has 0 unspecified atom stereocenters. The summed E-state index contributed by atoms with van der Waals surface area (Å²) in [6.07, 6.45) is 7.14. The minimum Gasteiger partial charge on any atom is -0.472 e. The van der Waals surface area contributed by atoms with Crippen LogP contribution in [0, 0.1) is 22.7 Å². The van der Waals surface area contributed by atoms with Crippen molar-refractivity contribution in [3.63, 3.8) is 0 Å². The number of esters is 2. The zero-order chi connectivity index (χ0) is 17.7. The van der Waals surface area contributed by atoms with Crippen LogP contribution >= 0.6 is 0 Å². The van der Waals surface area contributed by atoms with Gasteiger partial charge in [-0.2, -0.15) is 0 Å². The maximum absolute atomic E-state index is 12.9. The first kappa shape index (κ1) is 15.0. The van der Waals surface area contributed by atoms with Crippen molar-refractivity contribution in [3.8, 4) is 0 Å². The summed E-state index contributed by atoms with van der Waals surface area (Å²) in [7, 11) is 0. The topological polar surface area (TPSA) is 78.3 Å². The Bertz CT molecular complexity index is 840. The Hall–Kier alpha value is -2.08. The summed E-state index contributed by atoms with van der Waals surface area (Å²) in [5.74, 6) is -0.428. The highest BCUT2D eigenvalue weighted by atomic mass is 16.6. The fourth-order valence-electron chi connectivity index (χ4n) is 6.34. The van der Waals surface area contributed by atoms with E-state index in [0.717, 1.165) is 24.0 Å². The van der Waals surface area contributed by atoms with Crippen LogP contribution in [0.1, 0.15) is 37.9 Å². The predicted molar refractivity (Wildman–Crippen MR) is 86.6 cm³/mol. The fourth-order valence-corrected chi connectivity index (χ4v) is 6.34. The van der Waals surface area contributed by atoms with Crippen LogP contribution < -0.4 is 0 Å². The summed E-state index contributed by atoms with van der Waals surface area (Å²) in [4.78, 5) is 25.2. The SMILES string of the molecule is C[C@]12C[C@H](c3ccoc3)OC(=O)[C@H]1CC[C@@]13COC(=O)C1=C[C@@H]1O[C@@H]1[C@H]32. The predicted octanol–water partition coefficient (Wildman–Crippen LogP) is 2.55. The van der Waals surface area contributed by atoms with Gasteiger partial charge in [-0.1, -0.05) is 6.92 Å². The average Bonchev–Trinajstić information content (AvgIpc) is 3.01. The molecule has 6 heteroatoms. The summed E-state index contributed by atoms with van der Waals surface area (Å²) < 4.78 is 22.4. The lowest BCUT2D eigenvalue weighted by Gasteiger charge is -2.57. The third-order valence-electron chi connectivity index (χ3n) is 7.50. The maximum atomic E-state index is 12.9. The molecule has 5 aliphatic rings. The van der Waals surface area contributed by atoms with Crippen LogP contribution in [0.2, 0.25) is 0 Å². The third kappa shape index (κ3) is 1.66. The molecule has 2 aliphatic carbocycles. The van der Waals surface area contributed by atoms with E-state index in [1.165, 1.54) is 0 Å². The molecular formula is C20H20O6. The first-order valence-corrected chi connectivity index (χ1v) is 9.30. The molecule has 136 valence electrons. The van der Waals surface area contributed by atoms with Crippen LogP contribution in [0.15, 0.2) is 34.7 Å². The van der Waals surface area contributed by atoms with Crippen molar-refractivity contribution in [2.45, 2.75) is 44.5 Å². The number of carbonyl (C=O) groups is 2. The molecule has 0 bridgehead atoms. The van der Waals surface area contributed by atoms with Crippen molar-refractivity contribution in [2.75, 3.05) is 6.61 Å². The van der Waals surface area contributed by atoms with Gasteiger partial charge >= 0.3 is 11.9 Å². The van der Waals surface area contributed by atoms with Gasteiger partial charge in [0.15, 0.2) is 0 Å². The van der Waals surface area contributed by atoms with Gasteiger partial charge in [0.2, 0.25) is 0 Å². The monoisotopic (exact) mass is 356 g/mol. The van der Waals surface area contributed by atoms with Crippen molar-refractivity contribution in [1.82, 2.24) is 0 Å². The second kappa shape index (κ2) is 4.60. The van der Waals surface area contributed by atoms with Gasteiger partial charge in [0, 0.05) is 22.5 Å². The van der Waals surface area contributed by atoms with E-state index in [1.807, 2.05) is 12.1 Å². The van der Waals surface area contributed by atoms with Crippen molar-refractivity contribution in [1.29, 1.82) is 0 Å². The fraction of sp³-hybridized carbons (Fsp3) is 0.600. The molecule has 0 amide bonds. The lowest BCUT2D eigenvalue weighted by molar-refractivity contribution is -0.192. The van der Waals surface area contributed by atoms with Crippen molar-refractivity contribution in [2.24, 2.45) is 22.7 Å². The first-order valence-electron chi connectivity index (χ1n) is 9.30. The molecule has 7 atom stereocenters. The van der Waals surface area contributed by atoms with E-state index in [4.69, 9.17) is 18.6 Å². The van der Waals surface area contributed by atoms with Crippen LogP contribution in [-0.4, -0.2) is 30.8 Å². The standard InChI is InChI=1S/C20H20O6/c1-19-7-14(10-3-5-23-8-10)26-18(22)11(19)2-4-20-9-24-17(21)12(20)6-13-15(25-13)16(19)20/h3,5-6,8,11,13-16H,2,4,7,9H2,1H3/t11-,13+,14-,15+,16+,19+,20-/m1/s1. The summed E-state index contributed by atoms with van der Waals surface area (Å²) in [6.45, 7) is 2.59. The number of fused-ring (bicyclic) bond motifs is 4. The number of cyclic esters (lactones) is 2. The van der Waals surface area contributed by atoms with E-state index in [2.05, 4.69) is 6.92 Å². The Labute approximate surface area is 150 Å². The highest BCUT2D eigenvalue weighted by Gasteiger charge is 2.72. The van der Waals surface area contributed by atoms with E-state index in [-0.39, 0.29) is 52.9 Å². The number of carbonyl (C=O) groups excluding carboxylic acids is 2. The van der Waals surface area contributed by atoms with Gasteiger partial charge < -0.3 is 18.6 Å². The van der Waals surface area contributed by atoms with Gasteiger partial charge in [-0.25, -0.2) is 4.79 Å². The van der Waals surface area contributed by atoms with E-state index >= 15 is 0 Å². The summed E-state index contributed by atoms with van der Waals surface area (Å²) >= 11 is 0. The molecule has 0 aromatic carbocycles. The van der Waals surface area contributed by atoms with Crippen molar-refractivity contribution < 1.29 is 28.2 Å². The molecule has 3 saturated heterocycles. The number of rotatable bonds is 1. The molecule has 4 fully saturated rings. The number of hydrogen-bond donors (Lipinski definition) is 0. The quantitative estimate of drug-likeness (QED) is 0.568. The summed E-state index contributed by atoms with van der Waals surface area (Å²) in [5.41, 5.74) is 1.04. The third-order valence-corrected chi connectivity index (χ3v) is 7.50. The summed E-state index contributed by atoms with van der Waals surface area (Å²) in [6, 6.07) is 1.85. The molecular weight excluding hydrogens is 336 g/mol. The van der Waals surface area contributed by atoms with Gasteiger partial charge in [0.05, 0.1) is 24.5 Å². The number of epoxide rings is 1. The molecule has 6 rings (SSSR count). The lowest BCUT2D eigenvalue weighted by Crippen LogP contribution is -2.59. The molecule has 3 aliphatic heterocycles. The van der Waals surface area contributed by atoms with Gasteiger partial charge in [-0.15, -0.1) is 0 Å². The van der Waals surface area contributed by atoms with E-state index in [1.54, 1.807) is 12.5 Å². The van der Waals surface area contributed by atoms with E-state index < -0.39 is 0 Å². The number of hydrogen-bond acceptors (Lipinski definition) is 6. The molecule has 1 aromatic heterocycles. The van der Waals surface area contributed by atoms with Crippen molar-refractivity contribution in [3.05, 3.63) is 35.8 Å². The second-order valence-electron chi connectivity index (χ2n) is 8.64. The minimum absolute atomic E-state index is 0.0188. The van der Waals surface area contributed by atoms with Gasteiger partial charge in [0.1, 0.15) is 18.8 Å². The van der Waals surface area contributed by atoms with E-state index in [9.17, 15) is 9.59 Å². The molecule has 0 radical (unpaired) electrons. The molecule has 1 aromatic rings. The lowest BCUT2D eigenvalue weighted by atomic mass is 9.45. The molecule has 1 spiro atoms. The minimum atomic E-state index is -0.321. The summed E-state index contributed by atoms with van der Waals surface area (Å²) in [5, 5.41) is 0. The zero-order valence-electron chi connectivity index (χ0n) is 14.5. The molecule has 6 nitrogen and oxygen atoms in total. The van der Waals surface area contributed by atoms with E-state index in [0.29, 0.717) is 13.0 Å². The maximum Gasteiger partial charge on any atom is 0.334 e. The zero-order valence-corrected chi connectivity index (χ0v) is 14.5. The van der Waals surface area contributed by atoms with Gasteiger partial charge in [-0.3, -0.25) is 4.79 Å². The van der Waals surface area contributed by atoms with Crippen LogP contribution in [0.4, 0.5) is 0 Å². The highest BCUT2D eigenvalue weighted by molar-refractivity contribution is 5.93. The van der Waals surface area contributed by atoms with Crippen LogP contribution in [-0.2, 0) is 23.8 Å². The van der Waals surface area contributed by atoms with Crippen LogP contribution in [0.3, 0.4) is 0 Å². The highest BCUT2D eigenvalue weighted by Crippen LogP contribution is 2.69. The largest absolute Gasteiger partial charge is 0.472 e. The van der Waals surface area contributed by atoms with Gasteiger partial charge in [0.25, 0.3) is 0 Å². The van der Waals surface area contributed by atoms with Gasteiger partial charge in [-0.05, 0) is 36.8 Å². The Morgan fingerprint density at radius 2 is 2.15 bits per heavy atom. The second-order valence-corrected chi connectivity index (χ2v) is 8.64. The number of ether oxygens (including phenoxy) is 3. The normalized spacial score (nSPS) is 48.3. The average molecular weight is 356 g/mol. The van der Waals surface area contributed by atoms with Crippen LogP contribution in [0.5, 0.6) is 0 Å². The number of furan rings is 1. The first-order chi connectivity index (χ1) is 12.5. The smallest absolute Gasteiger partial charge is 0.334 e. The molecule has 26 heavy (non-hydrogen) atoms. The molecule has 1 saturated carbocycles. The molecule has 4 heterocycles. The Balaban J connectivity index is 1.46. The van der Waals surface area contributed by atoms with Crippen LogP contribution in [0.25, 0.3) is 0 Å². The Kier molecular flexibility index (Phi) is 2.66. The Morgan fingerprint density at radius 1 is 1.27 bits per heavy atom.